The summed E-state index contributed by atoms with van der Waals surface area (Å²) in [4.78, 5) is 7.19. The highest BCUT2D eigenvalue weighted by molar-refractivity contribution is 5.86. The second kappa shape index (κ2) is 2.90. The second-order valence-electron chi connectivity index (χ2n) is 3.60. The molecule has 1 aromatic heterocycles. The van der Waals surface area contributed by atoms with Gasteiger partial charge >= 0.3 is 0 Å². The van der Waals surface area contributed by atoms with Crippen LogP contribution in [0, 0.1) is 0 Å². The predicted octanol–water partition coefficient (Wildman–Crippen LogP) is 2.10. The molecule has 0 saturated heterocycles. The van der Waals surface area contributed by atoms with Crippen molar-refractivity contribution in [1.82, 2.24) is 9.97 Å². The van der Waals surface area contributed by atoms with Crippen molar-refractivity contribution < 1.29 is 10.2 Å². The van der Waals surface area contributed by atoms with Crippen molar-refractivity contribution in [3.63, 3.8) is 0 Å². The molecule has 0 amide bonds. The molecule has 0 unspecified atom stereocenters. The number of aromatic amines is 1. The van der Waals surface area contributed by atoms with Crippen LogP contribution in [0.3, 0.4) is 0 Å². The van der Waals surface area contributed by atoms with Crippen molar-refractivity contribution in [2.45, 2.75) is 19.8 Å². The van der Waals surface area contributed by atoms with Crippen molar-refractivity contribution in [2.75, 3.05) is 0 Å². The molecule has 0 aliphatic carbocycles. The van der Waals surface area contributed by atoms with E-state index in [0.717, 1.165) is 5.82 Å². The first-order chi connectivity index (χ1) is 6.59. The van der Waals surface area contributed by atoms with Crippen molar-refractivity contribution in [3.8, 4) is 11.5 Å². The average Bonchev–Trinajstić information content (AvgIpc) is 2.57. The lowest BCUT2D eigenvalue weighted by atomic mass is 10.2. The first-order valence-electron chi connectivity index (χ1n) is 4.50. The van der Waals surface area contributed by atoms with Gasteiger partial charge in [0.25, 0.3) is 0 Å². The number of aromatic nitrogens is 2. The van der Waals surface area contributed by atoms with Gasteiger partial charge in [0.2, 0.25) is 0 Å². The molecule has 4 heteroatoms. The van der Waals surface area contributed by atoms with E-state index in [1.54, 1.807) is 0 Å². The minimum absolute atomic E-state index is 0.0842. The Labute approximate surface area is 81.2 Å². The molecule has 0 saturated carbocycles. The highest BCUT2D eigenvalue weighted by atomic mass is 16.3. The van der Waals surface area contributed by atoms with Crippen LogP contribution in [0.4, 0.5) is 0 Å². The summed E-state index contributed by atoms with van der Waals surface area (Å²) in [5.74, 6) is 1.19. The summed E-state index contributed by atoms with van der Waals surface area (Å²) in [6.07, 6.45) is 0. The fraction of sp³-hybridized carbons (Fsp3) is 0.300. The zero-order chi connectivity index (χ0) is 10.3. The van der Waals surface area contributed by atoms with E-state index in [1.165, 1.54) is 12.1 Å². The molecule has 0 atom stereocenters. The first kappa shape index (κ1) is 8.87. The number of aromatic hydroxyl groups is 2. The molecule has 74 valence electrons. The number of imidazole rings is 1. The van der Waals surface area contributed by atoms with Gasteiger partial charge in [-0.3, -0.25) is 0 Å². The monoisotopic (exact) mass is 192 g/mol. The topological polar surface area (TPSA) is 69.1 Å². The second-order valence-corrected chi connectivity index (χ2v) is 3.60. The summed E-state index contributed by atoms with van der Waals surface area (Å²) in [7, 11) is 0. The molecule has 0 bridgehead atoms. The van der Waals surface area contributed by atoms with Crippen molar-refractivity contribution in [3.05, 3.63) is 18.0 Å². The normalized spacial score (nSPS) is 11.4. The molecule has 1 heterocycles. The zero-order valence-corrected chi connectivity index (χ0v) is 8.07. The highest BCUT2D eigenvalue weighted by Gasteiger charge is 2.12. The number of hydrogen-bond donors (Lipinski definition) is 3. The minimum Gasteiger partial charge on any atom is -0.506 e. The van der Waals surface area contributed by atoms with E-state index < -0.39 is 0 Å². The van der Waals surface area contributed by atoms with Gasteiger partial charge in [0.1, 0.15) is 28.4 Å². The maximum atomic E-state index is 9.51. The largest absolute Gasteiger partial charge is 0.506 e. The molecule has 0 spiro atoms. The number of rotatable bonds is 1. The molecule has 0 fully saturated rings. The van der Waals surface area contributed by atoms with Gasteiger partial charge in [-0.25, -0.2) is 4.98 Å². The lowest BCUT2D eigenvalue weighted by molar-refractivity contribution is 0.468. The Morgan fingerprint density at radius 1 is 1.21 bits per heavy atom. The van der Waals surface area contributed by atoms with Gasteiger partial charge in [-0.1, -0.05) is 13.8 Å². The smallest absolute Gasteiger partial charge is 0.143 e. The number of phenolic OH excluding ortho intramolecular Hbond substituents is 2. The van der Waals surface area contributed by atoms with Gasteiger partial charge in [-0.05, 0) is 12.1 Å². The minimum atomic E-state index is 0.0842. The van der Waals surface area contributed by atoms with Crippen LogP contribution in [0.1, 0.15) is 25.6 Å². The number of fused-ring (bicyclic) bond motifs is 1. The fourth-order valence-electron chi connectivity index (χ4n) is 1.36. The fourth-order valence-corrected chi connectivity index (χ4v) is 1.36. The Kier molecular flexibility index (Phi) is 1.84. The van der Waals surface area contributed by atoms with Gasteiger partial charge in [0, 0.05) is 5.92 Å². The predicted molar refractivity (Wildman–Crippen MR) is 53.5 cm³/mol. The first-order valence-corrected chi connectivity index (χ1v) is 4.50. The van der Waals surface area contributed by atoms with Crippen molar-refractivity contribution >= 4 is 11.0 Å². The molecule has 0 aliphatic rings. The Morgan fingerprint density at radius 2 is 1.86 bits per heavy atom. The number of H-pyrrole nitrogens is 1. The summed E-state index contributed by atoms with van der Waals surface area (Å²) in [5.41, 5.74) is 0.919. The maximum Gasteiger partial charge on any atom is 0.143 e. The molecule has 14 heavy (non-hydrogen) atoms. The number of nitrogens with zero attached hydrogens (tertiary/aromatic N) is 1. The van der Waals surface area contributed by atoms with E-state index in [1.807, 2.05) is 13.8 Å². The quantitative estimate of drug-likeness (QED) is 0.606. The van der Waals surface area contributed by atoms with Crippen molar-refractivity contribution in [2.24, 2.45) is 0 Å². The summed E-state index contributed by atoms with van der Waals surface area (Å²) in [6.45, 7) is 3.98. The van der Waals surface area contributed by atoms with E-state index in [9.17, 15) is 10.2 Å². The molecule has 2 aromatic rings. The zero-order valence-electron chi connectivity index (χ0n) is 8.07. The van der Waals surface area contributed by atoms with Crippen LogP contribution in [-0.4, -0.2) is 20.2 Å². The van der Waals surface area contributed by atoms with Crippen LogP contribution in [0.25, 0.3) is 11.0 Å². The van der Waals surface area contributed by atoms with Crippen LogP contribution in [0.2, 0.25) is 0 Å². The van der Waals surface area contributed by atoms with Crippen LogP contribution in [0.5, 0.6) is 11.5 Å². The van der Waals surface area contributed by atoms with Crippen LogP contribution >= 0.6 is 0 Å². The SMILES string of the molecule is CC(C)c1nc2c(O)ccc(O)c2[nH]1. The highest BCUT2D eigenvalue weighted by Crippen LogP contribution is 2.30. The molecule has 3 N–H and O–H groups in total. The summed E-state index contributed by atoms with van der Waals surface area (Å²) < 4.78 is 0. The van der Waals surface area contributed by atoms with Crippen LogP contribution < -0.4 is 0 Å². The van der Waals surface area contributed by atoms with Gasteiger partial charge in [-0.15, -0.1) is 0 Å². The van der Waals surface area contributed by atoms with Crippen molar-refractivity contribution in [1.29, 1.82) is 0 Å². The van der Waals surface area contributed by atoms with E-state index in [4.69, 9.17) is 0 Å². The third-order valence-corrected chi connectivity index (χ3v) is 2.17. The average molecular weight is 192 g/mol. The molecule has 0 aliphatic heterocycles. The Hall–Kier alpha value is -1.71. The summed E-state index contributed by atoms with van der Waals surface area (Å²) in [6, 6.07) is 2.88. The molecule has 1 aromatic carbocycles. The lowest BCUT2D eigenvalue weighted by Crippen LogP contribution is -1.88. The summed E-state index contributed by atoms with van der Waals surface area (Å²) in [5, 5.41) is 19.0. The third kappa shape index (κ3) is 1.19. The maximum absolute atomic E-state index is 9.51. The van der Waals surface area contributed by atoms with Crippen LogP contribution in [0.15, 0.2) is 12.1 Å². The molecule has 2 rings (SSSR count). The van der Waals surface area contributed by atoms with Crippen LogP contribution in [-0.2, 0) is 0 Å². The van der Waals surface area contributed by atoms with E-state index in [0.29, 0.717) is 11.0 Å². The molecule has 0 radical (unpaired) electrons. The number of phenols is 2. The van der Waals surface area contributed by atoms with Gasteiger partial charge < -0.3 is 15.2 Å². The third-order valence-electron chi connectivity index (χ3n) is 2.17. The Bertz CT molecular complexity index is 435. The molecular weight excluding hydrogens is 180 g/mol. The van der Waals surface area contributed by atoms with E-state index in [2.05, 4.69) is 9.97 Å². The lowest BCUT2D eigenvalue weighted by Gasteiger charge is -1.96. The van der Waals surface area contributed by atoms with E-state index >= 15 is 0 Å². The number of benzene rings is 1. The summed E-state index contributed by atoms with van der Waals surface area (Å²) >= 11 is 0. The standard InChI is InChI=1S/C10H12N2O2/c1-5(2)10-11-8-6(13)3-4-7(14)9(8)12-10/h3-5,13-14H,1-2H3,(H,11,12). The van der Waals surface area contributed by atoms with Gasteiger partial charge in [0.15, 0.2) is 0 Å². The molecular formula is C10H12N2O2. The Morgan fingerprint density at radius 3 is 2.43 bits per heavy atom. The number of nitrogens with one attached hydrogen (secondary N) is 1. The van der Waals surface area contributed by atoms with Gasteiger partial charge in [-0.2, -0.15) is 0 Å². The van der Waals surface area contributed by atoms with E-state index in [-0.39, 0.29) is 17.4 Å². The van der Waals surface area contributed by atoms with Gasteiger partial charge in [0.05, 0.1) is 0 Å². The molecule has 4 nitrogen and oxygen atoms in total. The number of hydrogen-bond acceptors (Lipinski definition) is 3. The Balaban J connectivity index is 2.75.